The van der Waals surface area contributed by atoms with Gasteiger partial charge in [-0.3, -0.25) is 9.69 Å². The van der Waals surface area contributed by atoms with Crippen molar-refractivity contribution in [3.05, 3.63) is 0 Å². The highest BCUT2D eigenvalue weighted by Crippen LogP contribution is 2.36. The monoisotopic (exact) mass is 226 g/mol. The number of hydrogen-bond donors (Lipinski definition) is 2. The summed E-state index contributed by atoms with van der Waals surface area (Å²) in [7, 11) is 0. The maximum atomic E-state index is 11.2. The largest absolute Gasteiger partial charge is 0.480 e. The lowest BCUT2D eigenvalue weighted by molar-refractivity contribution is -0.143. The molecule has 2 unspecified atom stereocenters. The van der Waals surface area contributed by atoms with Gasteiger partial charge in [-0.05, 0) is 38.1 Å². The van der Waals surface area contributed by atoms with Crippen LogP contribution < -0.4 is 5.73 Å². The molecule has 0 bridgehead atoms. The van der Waals surface area contributed by atoms with Gasteiger partial charge in [0.05, 0.1) is 0 Å². The second kappa shape index (κ2) is 5.15. The standard InChI is InChI=1S/C12H22N2O2/c13-8-11(12(15)16)14-7-3-6-10(14)9-4-1-2-5-9/h9-11H,1-8,13H2,(H,15,16). The van der Waals surface area contributed by atoms with Gasteiger partial charge < -0.3 is 10.8 Å². The van der Waals surface area contributed by atoms with Crippen molar-refractivity contribution in [3.8, 4) is 0 Å². The van der Waals surface area contributed by atoms with Gasteiger partial charge in [0.1, 0.15) is 6.04 Å². The zero-order chi connectivity index (χ0) is 11.5. The van der Waals surface area contributed by atoms with Crippen LogP contribution in [0.4, 0.5) is 0 Å². The molecule has 16 heavy (non-hydrogen) atoms. The molecule has 2 atom stereocenters. The minimum atomic E-state index is -0.757. The number of carboxylic acids is 1. The average molecular weight is 226 g/mol. The zero-order valence-electron chi connectivity index (χ0n) is 9.77. The summed E-state index contributed by atoms with van der Waals surface area (Å²) in [6.45, 7) is 1.15. The molecule has 0 spiro atoms. The molecule has 1 saturated heterocycles. The molecule has 0 aromatic heterocycles. The summed E-state index contributed by atoms with van der Waals surface area (Å²) in [5.74, 6) is -0.0386. The lowest BCUT2D eigenvalue weighted by atomic mass is 9.95. The van der Waals surface area contributed by atoms with E-state index < -0.39 is 12.0 Å². The summed E-state index contributed by atoms with van der Waals surface area (Å²) in [6, 6.07) is 0.0141. The molecular formula is C12H22N2O2. The summed E-state index contributed by atoms with van der Waals surface area (Å²) in [5.41, 5.74) is 5.59. The van der Waals surface area contributed by atoms with Gasteiger partial charge >= 0.3 is 5.97 Å². The molecular weight excluding hydrogens is 204 g/mol. The van der Waals surface area contributed by atoms with E-state index in [0.29, 0.717) is 6.04 Å². The van der Waals surface area contributed by atoms with E-state index in [1.807, 2.05) is 0 Å². The third-order valence-corrected chi connectivity index (χ3v) is 4.19. The first-order valence-corrected chi connectivity index (χ1v) is 6.42. The van der Waals surface area contributed by atoms with Crippen LogP contribution in [0.3, 0.4) is 0 Å². The fraction of sp³-hybridized carbons (Fsp3) is 0.917. The van der Waals surface area contributed by atoms with E-state index in [0.717, 1.165) is 25.3 Å². The predicted molar refractivity (Wildman–Crippen MR) is 62.2 cm³/mol. The molecule has 1 heterocycles. The van der Waals surface area contributed by atoms with E-state index in [2.05, 4.69) is 4.90 Å². The van der Waals surface area contributed by atoms with Crippen molar-refractivity contribution in [1.82, 2.24) is 4.90 Å². The molecule has 3 N–H and O–H groups in total. The molecule has 92 valence electrons. The van der Waals surface area contributed by atoms with Crippen LogP contribution >= 0.6 is 0 Å². The Morgan fingerprint density at radius 1 is 1.31 bits per heavy atom. The van der Waals surface area contributed by atoms with Crippen molar-refractivity contribution in [1.29, 1.82) is 0 Å². The fourth-order valence-corrected chi connectivity index (χ4v) is 3.43. The van der Waals surface area contributed by atoms with Crippen molar-refractivity contribution in [2.45, 2.75) is 50.6 Å². The Morgan fingerprint density at radius 2 is 2.00 bits per heavy atom. The highest BCUT2D eigenvalue weighted by molar-refractivity contribution is 5.73. The smallest absolute Gasteiger partial charge is 0.322 e. The number of nitrogens with two attached hydrogens (primary N) is 1. The predicted octanol–water partition coefficient (Wildman–Crippen LogP) is 1.05. The van der Waals surface area contributed by atoms with Crippen LogP contribution in [0, 0.1) is 5.92 Å². The highest BCUT2D eigenvalue weighted by Gasteiger charge is 2.38. The SMILES string of the molecule is NCC(C(=O)O)N1CCCC1C1CCCC1. The van der Waals surface area contributed by atoms with Gasteiger partial charge in [-0.25, -0.2) is 0 Å². The maximum Gasteiger partial charge on any atom is 0.322 e. The number of hydrogen-bond acceptors (Lipinski definition) is 3. The summed E-state index contributed by atoms with van der Waals surface area (Å²) in [6.07, 6.45) is 7.47. The van der Waals surface area contributed by atoms with E-state index in [4.69, 9.17) is 5.73 Å². The van der Waals surface area contributed by atoms with Crippen LogP contribution in [-0.4, -0.2) is 41.1 Å². The van der Waals surface area contributed by atoms with Crippen molar-refractivity contribution >= 4 is 5.97 Å². The summed E-state index contributed by atoms with van der Waals surface area (Å²) >= 11 is 0. The fourth-order valence-electron chi connectivity index (χ4n) is 3.43. The third-order valence-electron chi connectivity index (χ3n) is 4.19. The summed E-state index contributed by atoms with van der Waals surface area (Å²) < 4.78 is 0. The van der Waals surface area contributed by atoms with Crippen LogP contribution in [0.1, 0.15) is 38.5 Å². The summed E-state index contributed by atoms with van der Waals surface area (Å²) in [5, 5.41) is 9.17. The zero-order valence-corrected chi connectivity index (χ0v) is 9.77. The molecule has 4 nitrogen and oxygen atoms in total. The van der Waals surface area contributed by atoms with Crippen molar-refractivity contribution in [2.24, 2.45) is 11.7 Å². The quantitative estimate of drug-likeness (QED) is 0.752. The van der Waals surface area contributed by atoms with E-state index >= 15 is 0 Å². The van der Waals surface area contributed by atoms with Gasteiger partial charge in [-0.2, -0.15) is 0 Å². The van der Waals surface area contributed by atoms with Gasteiger partial charge in [0.25, 0.3) is 0 Å². The van der Waals surface area contributed by atoms with Crippen LogP contribution in [0.2, 0.25) is 0 Å². The van der Waals surface area contributed by atoms with Gasteiger partial charge in [0.15, 0.2) is 0 Å². The first-order chi connectivity index (χ1) is 7.74. The Balaban J connectivity index is 2.03. The maximum absolute atomic E-state index is 11.2. The molecule has 2 aliphatic rings. The number of aliphatic carboxylic acids is 1. The Hall–Kier alpha value is -0.610. The first-order valence-electron chi connectivity index (χ1n) is 6.42. The molecule has 2 fully saturated rings. The number of rotatable bonds is 4. The van der Waals surface area contributed by atoms with Gasteiger partial charge in [0.2, 0.25) is 0 Å². The van der Waals surface area contributed by atoms with Crippen LogP contribution in [0.15, 0.2) is 0 Å². The van der Waals surface area contributed by atoms with E-state index in [1.54, 1.807) is 0 Å². The minimum absolute atomic E-state index is 0.235. The molecule has 0 amide bonds. The Morgan fingerprint density at radius 3 is 2.56 bits per heavy atom. The lowest BCUT2D eigenvalue weighted by Crippen LogP contribution is -2.50. The van der Waals surface area contributed by atoms with Gasteiger partial charge in [0, 0.05) is 12.6 Å². The lowest BCUT2D eigenvalue weighted by Gasteiger charge is -2.33. The number of carboxylic acid groups (broad SMARTS) is 1. The summed E-state index contributed by atoms with van der Waals surface area (Å²) in [4.78, 5) is 13.3. The molecule has 0 aromatic carbocycles. The van der Waals surface area contributed by atoms with Gasteiger partial charge in [-0.15, -0.1) is 0 Å². The molecule has 4 heteroatoms. The molecule has 0 radical (unpaired) electrons. The highest BCUT2D eigenvalue weighted by atomic mass is 16.4. The van der Waals surface area contributed by atoms with E-state index in [-0.39, 0.29) is 6.54 Å². The molecule has 1 aliphatic heterocycles. The second-order valence-corrected chi connectivity index (χ2v) is 5.08. The number of carbonyl (C=O) groups is 1. The van der Waals surface area contributed by atoms with Crippen molar-refractivity contribution < 1.29 is 9.90 Å². The number of likely N-dealkylation sites (tertiary alicyclic amines) is 1. The first kappa shape index (κ1) is 11.9. The second-order valence-electron chi connectivity index (χ2n) is 5.08. The Bertz CT molecular complexity index is 251. The van der Waals surface area contributed by atoms with E-state index in [9.17, 15) is 9.90 Å². The van der Waals surface area contributed by atoms with Crippen LogP contribution in [0.5, 0.6) is 0 Å². The van der Waals surface area contributed by atoms with Crippen molar-refractivity contribution in [2.75, 3.05) is 13.1 Å². The van der Waals surface area contributed by atoms with Crippen LogP contribution in [-0.2, 0) is 4.79 Å². The minimum Gasteiger partial charge on any atom is -0.480 e. The normalized spacial score (nSPS) is 29.7. The van der Waals surface area contributed by atoms with Crippen LogP contribution in [0.25, 0.3) is 0 Å². The molecule has 0 aromatic rings. The van der Waals surface area contributed by atoms with E-state index in [1.165, 1.54) is 25.7 Å². The number of nitrogens with zero attached hydrogens (tertiary/aromatic N) is 1. The molecule has 1 aliphatic carbocycles. The molecule has 1 saturated carbocycles. The van der Waals surface area contributed by atoms with Gasteiger partial charge in [-0.1, -0.05) is 12.8 Å². The van der Waals surface area contributed by atoms with Crippen molar-refractivity contribution in [3.63, 3.8) is 0 Å². The Labute approximate surface area is 96.8 Å². The average Bonchev–Trinajstić information content (AvgIpc) is 2.86. The Kier molecular flexibility index (Phi) is 3.82. The molecule has 2 rings (SSSR count). The third kappa shape index (κ3) is 2.23. The topological polar surface area (TPSA) is 66.6 Å².